The highest BCUT2D eigenvalue weighted by molar-refractivity contribution is 6.05. The first-order valence-corrected chi connectivity index (χ1v) is 10.8. The minimum atomic E-state index is -0.397. The summed E-state index contributed by atoms with van der Waals surface area (Å²) in [5.41, 5.74) is 2.20. The van der Waals surface area contributed by atoms with Crippen molar-refractivity contribution >= 4 is 11.7 Å². The number of phenolic OH excluding ortho intramolecular Hbond substituents is 1. The standard InChI is InChI=1S/C24H29N3O4/c1-30-17-12-13-18(23(14-17)31-2)20-15-21(19-10-6-7-11-22(19)28)27(26-20)24(29)25-16-8-4-3-5-9-16/h6-7,10-14,16,21,28H,3-5,8-9,15H2,1-2H3,(H,25,29). The van der Waals surface area contributed by atoms with Crippen molar-refractivity contribution in [2.75, 3.05) is 14.2 Å². The van der Waals surface area contributed by atoms with Gasteiger partial charge in [0.15, 0.2) is 0 Å². The normalized spacial score (nSPS) is 19.1. The van der Waals surface area contributed by atoms with Crippen LogP contribution in [-0.4, -0.2) is 42.1 Å². The van der Waals surface area contributed by atoms with E-state index in [1.54, 1.807) is 32.4 Å². The van der Waals surface area contributed by atoms with Crippen molar-refractivity contribution in [3.63, 3.8) is 0 Å². The average molecular weight is 424 g/mol. The lowest BCUT2D eigenvalue weighted by molar-refractivity contribution is 0.178. The van der Waals surface area contributed by atoms with Gasteiger partial charge in [0.05, 0.1) is 26.0 Å². The zero-order valence-corrected chi connectivity index (χ0v) is 18.0. The summed E-state index contributed by atoms with van der Waals surface area (Å²) in [7, 11) is 3.20. The monoisotopic (exact) mass is 423 g/mol. The van der Waals surface area contributed by atoms with Gasteiger partial charge in [-0.25, -0.2) is 9.80 Å². The van der Waals surface area contributed by atoms with E-state index in [1.165, 1.54) is 11.4 Å². The van der Waals surface area contributed by atoms with Gasteiger partial charge in [-0.1, -0.05) is 37.5 Å². The van der Waals surface area contributed by atoms with Crippen LogP contribution >= 0.6 is 0 Å². The fraction of sp³-hybridized carbons (Fsp3) is 0.417. The molecule has 2 N–H and O–H groups in total. The molecule has 7 heteroatoms. The Labute approximate surface area is 182 Å². The van der Waals surface area contributed by atoms with Crippen LogP contribution in [0.4, 0.5) is 4.79 Å². The van der Waals surface area contributed by atoms with Gasteiger partial charge >= 0.3 is 6.03 Å². The molecule has 2 aliphatic rings. The van der Waals surface area contributed by atoms with E-state index in [-0.39, 0.29) is 17.8 Å². The van der Waals surface area contributed by atoms with Gasteiger partial charge < -0.3 is 19.9 Å². The van der Waals surface area contributed by atoms with E-state index >= 15 is 0 Å². The third-order valence-corrected chi connectivity index (χ3v) is 6.07. The van der Waals surface area contributed by atoms with E-state index in [0.717, 1.165) is 37.0 Å². The number of nitrogens with zero attached hydrogens (tertiary/aromatic N) is 2. The van der Waals surface area contributed by atoms with Gasteiger partial charge in [-0.3, -0.25) is 0 Å². The fourth-order valence-electron chi connectivity index (χ4n) is 4.40. The zero-order chi connectivity index (χ0) is 21.8. The molecule has 0 aromatic heterocycles. The molecule has 0 saturated heterocycles. The average Bonchev–Trinajstić information content (AvgIpc) is 3.24. The number of amides is 2. The fourth-order valence-corrected chi connectivity index (χ4v) is 4.40. The zero-order valence-electron chi connectivity index (χ0n) is 18.0. The van der Waals surface area contributed by atoms with E-state index < -0.39 is 6.04 Å². The van der Waals surface area contributed by atoms with Crippen LogP contribution in [0.3, 0.4) is 0 Å². The van der Waals surface area contributed by atoms with Crippen molar-refractivity contribution in [3.05, 3.63) is 53.6 Å². The molecule has 2 aromatic rings. The number of rotatable bonds is 5. The summed E-state index contributed by atoms with van der Waals surface area (Å²) in [6.45, 7) is 0. The number of methoxy groups -OCH3 is 2. The molecule has 1 fully saturated rings. The molecule has 1 atom stereocenters. The van der Waals surface area contributed by atoms with Gasteiger partial charge in [0.1, 0.15) is 17.2 Å². The first kappa shape index (κ1) is 21.0. The number of hydrogen-bond donors (Lipinski definition) is 2. The van der Waals surface area contributed by atoms with Crippen LogP contribution < -0.4 is 14.8 Å². The summed E-state index contributed by atoms with van der Waals surface area (Å²) in [5.74, 6) is 1.47. The number of carbonyl (C=O) groups is 1. The molecule has 1 heterocycles. The van der Waals surface area contributed by atoms with Crippen LogP contribution in [0.2, 0.25) is 0 Å². The highest BCUT2D eigenvalue weighted by Crippen LogP contribution is 2.39. The Morgan fingerprint density at radius 1 is 1.10 bits per heavy atom. The summed E-state index contributed by atoms with van der Waals surface area (Å²) in [5, 5.41) is 19.8. The summed E-state index contributed by atoms with van der Waals surface area (Å²) in [6.07, 6.45) is 5.93. The molecule has 1 aliphatic carbocycles. The van der Waals surface area contributed by atoms with Crippen molar-refractivity contribution in [1.29, 1.82) is 0 Å². The van der Waals surface area contributed by atoms with Gasteiger partial charge in [-0.05, 0) is 31.0 Å². The molecular formula is C24H29N3O4. The first-order chi connectivity index (χ1) is 15.1. The molecule has 31 heavy (non-hydrogen) atoms. The van der Waals surface area contributed by atoms with E-state index in [2.05, 4.69) is 5.32 Å². The highest BCUT2D eigenvalue weighted by atomic mass is 16.5. The number of para-hydroxylation sites is 1. The van der Waals surface area contributed by atoms with Crippen LogP contribution in [0.15, 0.2) is 47.6 Å². The number of hydrazone groups is 1. The lowest BCUT2D eigenvalue weighted by atomic mass is 9.95. The van der Waals surface area contributed by atoms with Crippen molar-refractivity contribution in [2.45, 2.75) is 50.6 Å². The number of nitrogens with one attached hydrogen (secondary N) is 1. The molecule has 4 rings (SSSR count). The Morgan fingerprint density at radius 2 is 1.87 bits per heavy atom. The number of urea groups is 1. The molecule has 0 bridgehead atoms. The van der Waals surface area contributed by atoms with Crippen LogP contribution in [0.1, 0.15) is 55.7 Å². The Bertz CT molecular complexity index is 969. The SMILES string of the molecule is COc1ccc(C2=NN(C(=O)NC3CCCCC3)C(c3ccccc3O)C2)c(OC)c1. The minimum absolute atomic E-state index is 0.154. The summed E-state index contributed by atoms with van der Waals surface area (Å²) >= 11 is 0. The molecule has 1 aliphatic heterocycles. The predicted octanol–water partition coefficient (Wildman–Crippen LogP) is 4.60. The van der Waals surface area contributed by atoms with E-state index in [9.17, 15) is 9.90 Å². The van der Waals surface area contributed by atoms with Gasteiger partial charge in [-0.15, -0.1) is 0 Å². The molecular weight excluding hydrogens is 394 g/mol. The maximum atomic E-state index is 13.2. The molecule has 164 valence electrons. The molecule has 7 nitrogen and oxygen atoms in total. The van der Waals surface area contributed by atoms with Gasteiger partial charge in [-0.2, -0.15) is 5.10 Å². The first-order valence-electron chi connectivity index (χ1n) is 10.8. The topological polar surface area (TPSA) is 83.4 Å². The number of benzene rings is 2. The van der Waals surface area contributed by atoms with Crippen molar-refractivity contribution in [2.24, 2.45) is 5.10 Å². The third kappa shape index (κ3) is 4.45. The van der Waals surface area contributed by atoms with Gasteiger partial charge in [0, 0.05) is 29.7 Å². The second-order valence-corrected chi connectivity index (χ2v) is 8.02. The smallest absolute Gasteiger partial charge is 0.338 e. The molecule has 2 amide bonds. The lowest BCUT2D eigenvalue weighted by Gasteiger charge is -2.27. The Kier molecular flexibility index (Phi) is 6.30. The lowest BCUT2D eigenvalue weighted by Crippen LogP contribution is -2.43. The Morgan fingerprint density at radius 3 is 2.58 bits per heavy atom. The van der Waals surface area contributed by atoms with Crippen LogP contribution in [0, 0.1) is 0 Å². The van der Waals surface area contributed by atoms with Gasteiger partial charge in [0.2, 0.25) is 0 Å². The second-order valence-electron chi connectivity index (χ2n) is 8.02. The number of carbonyl (C=O) groups excluding carboxylic acids is 1. The van der Waals surface area contributed by atoms with E-state index in [0.29, 0.717) is 23.5 Å². The largest absolute Gasteiger partial charge is 0.508 e. The van der Waals surface area contributed by atoms with Gasteiger partial charge in [0.25, 0.3) is 0 Å². The van der Waals surface area contributed by atoms with Crippen molar-refractivity contribution in [1.82, 2.24) is 10.3 Å². The van der Waals surface area contributed by atoms with Crippen LogP contribution in [0.5, 0.6) is 17.2 Å². The highest BCUT2D eigenvalue weighted by Gasteiger charge is 2.36. The summed E-state index contributed by atoms with van der Waals surface area (Å²) in [6, 6.07) is 12.2. The van der Waals surface area contributed by atoms with Crippen molar-refractivity contribution < 1.29 is 19.4 Å². The predicted molar refractivity (Wildman–Crippen MR) is 119 cm³/mol. The Hall–Kier alpha value is -3.22. The minimum Gasteiger partial charge on any atom is -0.508 e. The molecule has 1 unspecified atom stereocenters. The maximum absolute atomic E-state index is 13.2. The number of hydrogen-bond acceptors (Lipinski definition) is 5. The third-order valence-electron chi connectivity index (χ3n) is 6.07. The van der Waals surface area contributed by atoms with E-state index in [4.69, 9.17) is 14.6 Å². The summed E-state index contributed by atoms with van der Waals surface area (Å²) in [4.78, 5) is 13.2. The molecule has 2 aromatic carbocycles. The Balaban J connectivity index is 1.66. The number of aromatic hydroxyl groups is 1. The quantitative estimate of drug-likeness (QED) is 0.736. The second kappa shape index (κ2) is 9.29. The molecule has 0 spiro atoms. The van der Waals surface area contributed by atoms with Crippen molar-refractivity contribution in [3.8, 4) is 17.2 Å². The molecule has 0 radical (unpaired) electrons. The van der Waals surface area contributed by atoms with Crippen LogP contribution in [-0.2, 0) is 0 Å². The number of phenols is 1. The van der Waals surface area contributed by atoms with E-state index in [1.807, 2.05) is 24.3 Å². The number of ether oxygens (including phenoxy) is 2. The van der Waals surface area contributed by atoms with Crippen LogP contribution in [0.25, 0.3) is 0 Å². The maximum Gasteiger partial charge on any atom is 0.338 e. The summed E-state index contributed by atoms with van der Waals surface area (Å²) < 4.78 is 10.8. The molecule has 1 saturated carbocycles.